The topological polar surface area (TPSA) is 116 Å². The Kier molecular flexibility index (Phi) is 5.58. The predicted octanol–water partition coefficient (Wildman–Crippen LogP) is 1.99. The van der Waals surface area contributed by atoms with E-state index in [0.29, 0.717) is 17.1 Å². The molecule has 0 fully saturated rings. The smallest absolute Gasteiger partial charge is 0.282 e. The van der Waals surface area contributed by atoms with Gasteiger partial charge in [0, 0.05) is 0 Å². The van der Waals surface area contributed by atoms with Crippen molar-refractivity contribution >= 4 is 35.7 Å². The number of methoxy groups -OCH3 is 1. The molecule has 118 valence electrons. The summed E-state index contributed by atoms with van der Waals surface area (Å²) in [7, 11) is 1.54. The van der Waals surface area contributed by atoms with E-state index in [1.165, 1.54) is 7.11 Å². The molecule has 1 aliphatic rings. The van der Waals surface area contributed by atoms with Gasteiger partial charge in [0.05, 0.1) is 12.8 Å². The van der Waals surface area contributed by atoms with E-state index >= 15 is 0 Å². The molecule has 0 radical (unpaired) electrons. The first-order valence-corrected chi connectivity index (χ1v) is 6.22. The molecule has 1 aromatic carbocycles. The number of ether oxygens (including phenoxy) is 1. The number of benzene rings is 1. The number of aryl methyl sites for hydroxylation is 1. The highest BCUT2D eigenvalue weighted by Gasteiger charge is 2.35. The SMILES string of the molecule is COc1ccc(C)cc1N=NC1C(=O)N(C(=N)N)N=C1C.Cl. The second-order valence-electron chi connectivity index (χ2n) is 4.57. The van der Waals surface area contributed by atoms with Gasteiger partial charge < -0.3 is 10.5 Å². The van der Waals surface area contributed by atoms with Crippen LogP contribution in [0.25, 0.3) is 0 Å². The van der Waals surface area contributed by atoms with Crippen molar-refractivity contribution in [1.82, 2.24) is 5.01 Å². The van der Waals surface area contributed by atoms with Crippen LogP contribution < -0.4 is 10.5 Å². The quantitative estimate of drug-likeness (QED) is 0.503. The Bertz CT molecular complexity index is 658. The van der Waals surface area contributed by atoms with Crippen molar-refractivity contribution in [2.24, 2.45) is 21.1 Å². The number of halogens is 1. The highest BCUT2D eigenvalue weighted by molar-refractivity contribution is 6.15. The second kappa shape index (κ2) is 6.99. The third kappa shape index (κ3) is 3.40. The molecule has 3 N–H and O–H groups in total. The molecule has 0 spiro atoms. The fourth-order valence-electron chi connectivity index (χ4n) is 1.86. The van der Waals surface area contributed by atoms with Gasteiger partial charge in [-0.05, 0) is 31.5 Å². The maximum atomic E-state index is 12.0. The van der Waals surface area contributed by atoms with Gasteiger partial charge in [0.1, 0.15) is 11.4 Å². The van der Waals surface area contributed by atoms with Crippen molar-refractivity contribution in [2.45, 2.75) is 19.9 Å². The molecule has 0 saturated heterocycles. The van der Waals surface area contributed by atoms with Gasteiger partial charge in [-0.15, -0.1) is 12.4 Å². The highest BCUT2D eigenvalue weighted by Crippen LogP contribution is 2.29. The highest BCUT2D eigenvalue weighted by atomic mass is 35.5. The fourth-order valence-corrected chi connectivity index (χ4v) is 1.86. The Hall–Kier alpha value is -2.48. The molecule has 1 atom stereocenters. The van der Waals surface area contributed by atoms with Crippen molar-refractivity contribution in [2.75, 3.05) is 7.11 Å². The van der Waals surface area contributed by atoms with Crippen LogP contribution >= 0.6 is 12.4 Å². The fraction of sp³-hybridized carbons (Fsp3) is 0.308. The lowest BCUT2D eigenvalue weighted by Gasteiger charge is -2.09. The van der Waals surface area contributed by atoms with E-state index < -0.39 is 17.9 Å². The van der Waals surface area contributed by atoms with Crippen molar-refractivity contribution in [3.8, 4) is 5.75 Å². The Balaban J connectivity index is 0.00000242. The van der Waals surface area contributed by atoms with Crippen molar-refractivity contribution in [1.29, 1.82) is 5.41 Å². The molecule has 1 heterocycles. The average molecular weight is 325 g/mol. The van der Waals surface area contributed by atoms with Crippen molar-refractivity contribution in [3.63, 3.8) is 0 Å². The largest absolute Gasteiger partial charge is 0.494 e. The lowest BCUT2D eigenvalue weighted by Crippen LogP contribution is -2.38. The molecule has 0 aromatic heterocycles. The van der Waals surface area contributed by atoms with Gasteiger partial charge >= 0.3 is 0 Å². The van der Waals surface area contributed by atoms with Gasteiger partial charge in [0.2, 0.25) is 5.96 Å². The van der Waals surface area contributed by atoms with Gasteiger partial charge in [-0.3, -0.25) is 10.2 Å². The maximum Gasteiger partial charge on any atom is 0.282 e. The van der Waals surface area contributed by atoms with Crippen LogP contribution in [0.2, 0.25) is 0 Å². The molecule has 0 bridgehead atoms. The number of hydrazone groups is 1. The van der Waals surface area contributed by atoms with Crippen LogP contribution in [0, 0.1) is 12.3 Å². The molecule has 0 saturated carbocycles. The van der Waals surface area contributed by atoms with Crippen LogP contribution in [0.4, 0.5) is 5.69 Å². The average Bonchev–Trinajstić information content (AvgIpc) is 2.72. The first kappa shape index (κ1) is 17.6. The van der Waals surface area contributed by atoms with Gasteiger partial charge in [-0.2, -0.15) is 20.3 Å². The van der Waals surface area contributed by atoms with Crippen LogP contribution in [0.1, 0.15) is 12.5 Å². The summed E-state index contributed by atoms with van der Waals surface area (Å²) in [5.74, 6) is -0.367. The molecule has 0 aliphatic carbocycles. The molecule has 22 heavy (non-hydrogen) atoms. The van der Waals surface area contributed by atoms with Crippen LogP contribution in [0.3, 0.4) is 0 Å². The number of nitrogens with one attached hydrogen (secondary N) is 1. The zero-order chi connectivity index (χ0) is 15.6. The number of amides is 1. The minimum absolute atomic E-state index is 0. The first-order chi connectivity index (χ1) is 9.93. The van der Waals surface area contributed by atoms with Gasteiger partial charge in [-0.25, -0.2) is 0 Å². The Labute approximate surface area is 134 Å². The molecule has 1 aromatic rings. The normalized spacial score (nSPS) is 17.4. The van der Waals surface area contributed by atoms with Crippen LogP contribution in [-0.4, -0.2) is 35.7 Å². The minimum Gasteiger partial charge on any atom is -0.494 e. The molecule has 8 nitrogen and oxygen atoms in total. The summed E-state index contributed by atoms with van der Waals surface area (Å²) in [5.41, 5.74) is 7.24. The number of hydrogen-bond donors (Lipinski definition) is 2. The number of rotatable bonds is 3. The molecule has 1 amide bonds. The van der Waals surface area contributed by atoms with Gasteiger partial charge in [-0.1, -0.05) is 6.07 Å². The predicted molar refractivity (Wildman–Crippen MR) is 85.2 cm³/mol. The van der Waals surface area contributed by atoms with E-state index in [2.05, 4.69) is 15.3 Å². The summed E-state index contributed by atoms with van der Waals surface area (Å²) in [6.07, 6.45) is 0. The van der Waals surface area contributed by atoms with E-state index in [9.17, 15) is 4.79 Å². The lowest BCUT2D eigenvalue weighted by atomic mass is 10.2. The van der Waals surface area contributed by atoms with E-state index in [1.807, 2.05) is 13.0 Å². The summed E-state index contributed by atoms with van der Waals surface area (Å²) in [5, 5.41) is 20.1. The monoisotopic (exact) mass is 324 g/mol. The number of nitrogens with zero attached hydrogens (tertiary/aromatic N) is 4. The molecule has 2 rings (SSSR count). The zero-order valence-corrected chi connectivity index (χ0v) is 13.2. The lowest BCUT2D eigenvalue weighted by molar-refractivity contribution is -0.126. The van der Waals surface area contributed by atoms with E-state index in [1.54, 1.807) is 19.1 Å². The van der Waals surface area contributed by atoms with Gasteiger partial charge in [0.15, 0.2) is 6.04 Å². The zero-order valence-electron chi connectivity index (χ0n) is 12.4. The second-order valence-corrected chi connectivity index (χ2v) is 4.57. The van der Waals surface area contributed by atoms with E-state index in [0.717, 1.165) is 10.6 Å². The van der Waals surface area contributed by atoms with E-state index in [-0.39, 0.29) is 12.4 Å². The molecular formula is C13H17ClN6O2. The third-order valence-electron chi connectivity index (χ3n) is 2.94. The van der Waals surface area contributed by atoms with Crippen LogP contribution in [0.15, 0.2) is 33.5 Å². The van der Waals surface area contributed by atoms with E-state index in [4.69, 9.17) is 15.9 Å². The minimum atomic E-state index is -0.862. The van der Waals surface area contributed by atoms with Gasteiger partial charge in [0.25, 0.3) is 5.91 Å². The number of carbonyl (C=O) groups is 1. The number of nitrogens with two attached hydrogens (primary N) is 1. The number of guanidine groups is 1. The Morgan fingerprint density at radius 3 is 2.68 bits per heavy atom. The maximum absolute atomic E-state index is 12.0. The summed E-state index contributed by atoms with van der Waals surface area (Å²) >= 11 is 0. The van der Waals surface area contributed by atoms with Crippen molar-refractivity contribution in [3.05, 3.63) is 23.8 Å². The molecule has 1 aliphatic heterocycles. The van der Waals surface area contributed by atoms with Crippen LogP contribution in [-0.2, 0) is 4.79 Å². The Morgan fingerprint density at radius 1 is 1.45 bits per heavy atom. The molecular weight excluding hydrogens is 308 g/mol. The standard InChI is InChI=1S/C13H16N6O2.ClH/c1-7-4-5-10(21-3)9(6-7)16-17-11-8(2)18-19(12(11)20)13(14)15;/h4-6,11H,1-3H3,(H3,14,15);1H. The summed E-state index contributed by atoms with van der Waals surface area (Å²) < 4.78 is 5.20. The number of carbonyl (C=O) groups excluding carboxylic acids is 1. The summed E-state index contributed by atoms with van der Waals surface area (Å²) in [6, 6.07) is 4.61. The number of hydrogen-bond acceptors (Lipinski definition) is 6. The summed E-state index contributed by atoms with van der Waals surface area (Å²) in [4.78, 5) is 12.0. The first-order valence-electron chi connectivity index (χ1n) is 6.22. The van der Waals surface area contributed by atoms with Crippen LogP contribution in [0.5, 0.6) is 5.75 Å². The Morgan fingerprint density at radius 2 is 2.14 bits per heavy atom. The summed E-state index contributed by atoms with van der Waals surface area (Å²) in [6.45, 7) is 3.56. The van der Waals surface area contributed by atoms with Crippen molar-refractivity contribution < 1.29 is 9.53 Å². The third-order valence-corrected chi connectivity index (χ3v) is 2.94. The molecule has 9 heteroatoms. The molecule has 1 unspecified atom stereocenters. The number of azo groups is 1.